The summed E-state index contributed by atoms with van der Waals surface area (Å²) < 4.78 is 0. The summed E-state index contributed by atoms with van der Waals surface area (Å²) in [5.41, 5.74) is 13.3. The van der Waals surface area contributed by atoms with E-state index in [0.29, 0.717) is 16.7 Å². The van der Waals surface area contributed by atoms with Gasteiger partial charge in [0, 0.05) is 23.1 Å². The molecule has 0 spiro atoms. The number of nitrogen functional groups attached to an aromatic ring is 1. The lowest BCUT2D eigenvalue weighted by Crippen LogP contribution is -2.18. The van der Waals surface area contributed by atoms with E-state index in [0.717, 1.165) is 16.8 Å². The molecule has 1 aromatic heterocycles. The fraction of sp³-hybridized carbons (Fsp3) is 0.292. The maximum absolute atomic E-state index is 11.6. The van der Waals surface area contributed by atoms with Gasteiger partial charge in [-0.3, -0.25) is 5.43 Å². The number of hydrazone groups is 1. The number of carboxylic acids is 1. The minimum absolute atomic E-state index is 0.0218. The highest BCUT2D eigenvalue weighted by atomic mass is 32.1. The van der Waals surface area contributed by atoms with E-state index in [-0.39, 0.29) is 12.1 Å². The average molecular weight is 435 g/mol. The predicted molar refractivity (Wildman–Crippen MR) is 127 cm³/mol. The molecule has 0 radical (unpaired) electrons. The molecule has 0 unspecified atom stereocenters. The maximum atomic E-state index is 11.6. The number of hydrogen-bond donors (Lipinski definition) is 3. The first-order chi connectivity index (χ1) is 15.1. The molecule has 4 N–H and O–H groups in total. The number of aliphatic carboxylic acids is 1. The number of aromatic nitrogens is 1. The zero-order chi connectivity index (χ0) is 21.6. The van der Waals surface area contributed by atoms with Gasteiger partial charge in [0.2, 0.25) is 5.13 Å². The first-order valence-corrected chi connectivity index (χ1v) is 11.4. The van der Waals surface area contributed by atoms with Gasteiger partial charge in [-0.15, -0.1) is 11.3 Å². The molecule has 4 rings (SSSR count). The van der Waals surface area contributed by atoms with Gasteiger partial charge in [0.25, 0.3) is 0 Å². The van der Waals surface area contributed by atoms with Crippen molar-refractivity contribution >= 4 is 33.8 Å². The van der Waals surface area contributed by atoms with Crippen LogP contribution in [0.3, 0.4) is 0 Å². The van der Waals surface area contributed by atoms with Crippen LogP contribution in [0.2, 0.25) is 0 Å². The van der Waals surface area contributed by atoms with Crippen molar-refractivity contribution in [2.75, 3.05) is 11.2 Å². The summed E-state index contributed by atoms with van der Waals surface area (Å²) in [6.07, 6.45) is 6.70. The average Bonchev–Trinajstić information content (AvgIpc) is 3.27. The lowest BCUT2D eigenvalue weighted by molar-refractivity contribution is -0.129. The molecule has 0 aliphatic heterocycles. The number of para-hydroxylation sites is 1. The summed E-state index contributed by atoms with van der Waals surface area (Å²) in [7, 11) is 0. The Bertz CT molecular complexity index is 1070. The molecule has 0 atom stereocenters. The summed E-state index contributed by atoms with van der Waals surface area (Å²) in [4.78, 5) is 16.2. The van der Waals surface area contributed by atoms with Gasteiger partial charge in [-0.25, -0.2) is 9.78 Å². The number of nitrogens with zero attached hydrogens (tertiary/aromatic N) is 2. The van der Waals surface area contributed by atoms with Crippen LogP contribution in [0.4, 0.5) is 10.8 Å². The molecular weight excluding hydrogens is 408 g/mol. The third-order valence-corrected chi connectivity index (χ3v) is 6.48. The maximum Gasteiger partial charge on any atom is 0.352 e. The second-order valence-corrected chi connectivity index (χ2v) is 8.70. The summed E-state index contributed by atoms with van der Waals surface area (Å²) in [5.74, 6) is -0.413. The van der Waals surface area contributed by atoms with E-state index in [4.69, 9.17) is 5.73 Å². The number of hydrogen-bond acceptors (Lipinski definition) is 6. The molecule has 1 aliphatic rings. The topological polar surface area (TPSA) is 101 Å². The Morgan fingerprint density at radius 2 is 1.87 bits per heavy atom. The van der Waals surface area contributed by atoms with Crippen molar-refractivity contribution in [3.8, 4) is 11.3 Å². The SMILES string of the molecule is Nc1ccccc1C/C(=N\Nc1nc(-c2ccc(C3CCCCC3)cc2)cs1)C(=O)O. The van der Waals surface area contributed by atoms with Crippen molar-refractivity contribution in [3.05, 3.63) is 65.0 Å². The fourth-order valence-corrected chi connectivity index (χ4v) is 4.63. The molecule has 7 heteroatoms. The molecule has 31 heavy (non-hydrogen) atoms. The number of carbonyl (C=O) groups is 1. The fourth-order valence-electron chi connectivity index (χ4n) is 3.97. The molecule has 0 saturated heterocycles. The predicted octanol–water partition coefficient (Wildman–Crippen LogP) is 5.54. The van der Waals surface area contributed by atoms with E-state index in [1.807, 2.05) is 17.5 Å². The Morgan fingerprint density at radius 1 is 1.13 bits per heavy atom. The highest BCUT2D eigenvalue weighted by Crippen LogP contribution is 2.34. The zero-order valence-electron chi connectivity index (χ0n) is 17.3. The van der Waals surface area contributed by atoms with E-state index < -0.39 is 5.97 Å². The van der Waals surface area contributed by atoms with Crippen LogP contribution in [-0.2, 0) is 11.2 Å². The smallest absolute Gasteiger partial charge is 0.352 e. The number of nitrogens with one attached hydrogen (secondary N) is 1. The van der Waals surface area contributed by atoms with Crippen LogP contribution in [0.5, 0.6) is 0 Å². The van der Waals surface area contributed by atoms with Crippen LogP contribution in [0.15, 0.2) is 59.0 Å². The number of benzene rings is 2. The Hall–Kier alpha value is -3.19. The van der Waals surface area contributed by atoms with Gasteiger partial charge in [0.15, 0.2) is 0 Å². The molecule has 2 aromatic carbocycles. The van der Waals surface area contributed by atoms with Crippen molar-refractivity contribution < 1.29 is 9.90 Å². The summed E-state index contributed by atoms with van der Waals surface area (Å²) in [6.45, 7) is 0. The number of rotatable bonds is 7. The number of thiazole rings is 1. The van der Waals surface area contributed by atoms with E-state index in [9.17, 15) is 9.90 Å². The van der Waals surface area contributed by atoms with Crippen molar-refractivity contribution in [2.45, 2.75) is 44.4 Å². The van der Waals surface area contributed by atoms with Crippen LogP contribution in [0.25, 0.3) is 11.3 Å². The molecule has 0 amide bonds. The molecule has 0 bridgehead atoms. The number of nitrogens with two attached hydrogens (primary N) is 1. The lowest BCUT2D eigenvalue weighted by atomic mass is 9.84. The van der Waals surface area contributed by atoms with E-state index in [1.54, 1.807) is 12.1 Å². The first-order valence-electron chi connectivity index (χ1n) is 10.6. The highest BCUT2D eigenvalue weighted by Gasteiger charge is 2.16. The van der Waals surface area contributed by atoms with E-state index in [2.05, 4.69) is 39.8 Å². The number of anilines is 2. The lowest BCUT2D eigenvalue weighted by Gasteiger charge is -2.22. The quantitative estimate of drug-likeness (QED) is 0.258. The molecule has 1 heterocycles. The molecule has 1 saturated carbocycles. The summed E-state index contributed by atoms with van der Waals surface area (Å²) in [5, 5.41) is 16.1. The van der Waals surface area contributed by atoms with Crippen molar-refractivity contribution in [1.29, 1.82) is 0 Å². The van der Waals surface area contributed by atoms with E-state index >= 15 is 0 Å². The van der Waals surface area contributed by atoms with Crippen molar-refractivity contribution in [2.24, 2.45) is 5.10 Å². The molecule has 1 fully saturated rings. The minimum Gasteiger partial charge on any atom is -0.477 e. The molecule has 6 nitrogen and oxygen atoms in total. The second kappa shape index (κ2) is 9.75. The van der Waals surface area contributed by atoms with Crippen LogP contribution in [0, 0.1) is 0 Å². The van der Waals surface area contributed by atoms with E-state index in [1.165, 1.54) is 49.0 Å². The highest BCUT2D eigenvalue weighted by molar-refractivity contribution is 7.14. The normalized spacial score (nSPS) is 15.0. The molecule has 1 aliphatic carbocycles. The van der Waals surface area contributed by atoms with Gasteiger partial charge in [-0.1, -0.05) is 61.7 Å². The summed E-state index contributed by atoms with van der Waals surface area (Å²) in [6, 6.07) is 15.8. The molecular formula is C24H26N4O2S. The van der Waals surface area contributed by atoms with Gasteiger partial charge in [-0.05, 0) is 36.0 Å². The Labute approximate surface area is 185 Å². The third kappa shape index (κ3) is 5.30. The van der Waals surface area contributed by atoms with Crippen LogP contribution in [0.1, 0.15) is 49.1 Å². The Balaban J connectivity index is 1.44. The monoisotopic (exact) mass is 434 g/mol. The van der Waals surface area contributed by atoms with Gasteiger partial charge in [-0.2, -0.15) is 5.10 Å². The second-order valence-electron chi connectivity index (χ2n) is 7.85. The largest absolute Gasteiger partial charge is 0.477 e. The van der Waals surface area contributed by atoms with Gasteiger partial charge in [0.1, 0.15) is 5.71 Å². The minimum atomic E-state index is -1.09. The Morgan fingerprint density at radius 3 is 2.58 bits per heavy atom. The molecule has 160 valence electrons. The van der Waals surface area contributed by atoms with Crippen molar-refractivity contribution in [1.82, 2.24) is 4.98 Å². The van der Waals surface area contributed by atoms with Gasteiger partial charge >= 0.3 is 5.97 Å². The summed E-state index contributed by atoms with van der Waals surface area (Å²) >= 11 is 1.39. The molecule has 3 aromatic rings. The zero-order valence-corrected chi connectivity index (χ0v) is 18.1. The van der Waals surface area contributed by atoms with Crippen LogP contribution in [-0.4, -0.2) is 21.8 Å². The Kier molecular flexibility index (Phi) is 6.62. The van der Waals surface area contributed by atoms with Crippen LogP contribution < -0.4 is 11.2 Å². The van der Waals surface area contributed by atoms with Crippen LogP contribution >= 0.6 is 11.3 Å². The first kappa shape index (κ1) is 21.1. The standard InChI is InChI=1S/C24H26N4O2S/c25-20-9-5-4-8-19(20)14-21(23(29)30)27-28-24-26-22(15-31-24)18-12-10-17(11-13-18)16-6-2-1-3-7-16/h4-5,8-13,15-16H,1-3,6-7,14,25H2,(H,26,28)(H,29,30)/b27-21+. The van der Waals surface area contributed by atoms with Crippen molar-refractivity contribution in [3.63, 3.8) is 0 Å². The van der Waals surface area contributed by atoms with Gasteiger partial charge in [0.05, 0.1) is 5.69 Å². The third-order valence-electron chi connectivity index (χ3n) is 5.73. The number of carboxylic acid groups (broad SMARTS) is 1. The van der Waals surface area contributed by atoms with Gasteiger partial charge < -0.3 is 10.8 Å².